The normalized spacial score (nSPS) is 17.8. The smallest absolute Gasteiger partial charge is 0.266 e. The quantitative estimate of drug-likeness (QED) is 0.908. The summed E-state index contributed by atoms with van der Waals surface area (Å²) in [6.07, 6.45) is 3.39. The van der Waals surface area contributed by atoms with Crippen LogP contribution in [0.1, 0.15) is 18.4 Å². The Morgan fingerprint density at radius 1 is 1.39 bits per heavy atom. The maximum Gasteiger partial charge on any atom is 0.266 e. The summed E-state index contributed by atoms with van der Waals surface area (Å²) in [5.41, 5.74) is 2.48. The Hall–Kier alpha value is -2.63. The van der Waals surface area contributed by atoms with Gasteiger partial charge in [0.25, 0.3) is 5.56 Å². The number of nitrogens with one attached hydrogen (secondary N) is 2. The molecular formula is C17H20N4O2. The monoisotopic (exact) mass is 312 g/mol. The summed E-state index contributed by atoms with van der Waals surface area (Å²) in [6, 6.07) is 9.30. The third-order valence-electron chi connectivity index (χ3n) is 4.09. The minimum atomic E-state index is -0.228. The van der Waals surface area contributed by atoms with Gasteiger partial charge in [0.2, 0.25) is 5.91 Å². The van der Waals surface area contributed by atoms with Gasteiger partial charge in [-0.15, -0.1) is 0 Å². The van der Waals surface area contributed by atoms with Crippen LogP contribution in [0.25, 0.3) is 0 Å². The second-order valence-corrected chi connectivity index (χ2v) is 5.95. The van der Waals surface area contributed by atoms with Crippen molar-refractivity contribution >= 4 is 17.3 Å². The molecule has 2 N–H and O–H groups in total. The van der Waals surface area contributed by atoms with Crippen molar-refractivity contribution in [1.82, 2.24) is 10.2 Å². The Labute approximate surface area is 134 Å². The summed E-state index contributed by atoms with van der Waals surface area (Å²) < 4.78 is 0. The lowest BCUT2D eigenvalue weighted by atomic mass is 9.96. The molecule has 1 amide bonds. The first-order valence-corrected chi connectivity index (χ1v) is 7.79. The zero-order valence-electron chi connectivity index (χ0n) is 13.1. The molecule has 2 aromatic rings. The van der Waals surface area contributed by atoms with Crippen molar-refractivity contribution in [2.45, 2.75) is 19.8 Å². The molecule has 1 aliphatic rings. The minimum Gasteiger partial charge on any atom is -0.369 e. The first-order valence-electron chi connectivity index (χ1n) is 7.79. The van der Waals surface area contributed by atoms with Crippen LogP contribution < -0.4 is 15.8 Å². The summed E-state index contributed by atoms with van der Waals surface area (Å²) >= 11 is 0. The van der Waals surface area contributed by atoms with Gasteiger partial charge in [-0.25, -0.2) is 5.10 Å². The molecule has 2 heterocycles. The lowest BCUT2D eigenvalue weighted by molar-refractivity contribution is -0.120. The summed E-state index contributed by atoms with van der Waals surface area (Å²) in [5, 5.41) is 9.18. The number of carbonyl (C=O) groups is 1. The standard InChI is InChI=1S/C17H20N4O2/c1-12-4-2-6-14(8-12)19-17(23)13-5-3-7-21(11-13)15-9-16(22)20-18-10-15/h2,4,6,8-10,13H,3,5,7,11H2,1H3,(H,19,23)(H,20,22). The molecule has 1 saturated heterocycles. The molecule has 23 heavy (non-hydrogen) atoms. The first kappa shape index (κ1) is 15.3. The third kappa shape index (κ3) is 3.77. The summed E-state index contributed by atoms with van der Waals surface area (Å²) in [6.45, 7) is 3.43. The van der Waals surface area contributed by atoms with Crippen molar-refractivity contribution < 1.29 is 4.79 Å². The highest BCUT2D eigenvalue weighted by Gasteiger charge is 2.26. The highest BCUT2D eigenvalue weighted by atomic mass is 16.2. The minimum absolute atomic E-state index is 0.0260. The number of nitrogens with zero attached hydrogens (tertiary/aromatic N) is 2. The average molecular weight is 312 g/mol. The van der Waals surface area contributed by atoms with Crippen LogP contribution in [0.5, 0.6) is 0 Å². The number of benzene rings is 1. The van der Waals surface area contributed by atoms with Gasteiger partial charge in [-0.2, -0.15) is 5.10 Å². The van der Waals surface area contributed by atoms with Crippen LogP contribution in [-0.4, -0.2) is 29.2 Å². The number of aromatic amines is 1. The molecule has 6 nitrogen and oxygen atoms in total. The highest BCUT2D eigenvalue weighted by molar-refractivity contribution is 5.93. The van der Waals surface area contributed by atoms with Crippen molar-refractivity contribution in [2.24, 2.45) is 5.92 Å². The predicted octanol–water partition coefficient (Wildman–Crippen LogP) is 1.93. The zero-order valence-corrected chi connectivity index (χ0v) is 13.1. The number of aryl methyl sites for hydroxylation is 1. The number of hydrogen-bond donors (Lipinski definition) is 2. The van der Waals surface area contributed by atoms with Gasteiger partial charge in [-0.3, -0.25) is 9.59 Å². The van der Waals surface area contributed by atoms with Crippen LogP contribution in [-0.2, 0) is 4.79 Å². The summed E-state index contributed by atoms with van der Waals surface area (Å²) in [5.74, 6) is -0.0679. The van der Waals surface area contributed by atoms with E-state index >= 15 is 0 Å². The van der Waals surface area contributed by atoms with Crippen LogP contribution in [0, 0.1) is 12.8 Å². The number of anilines is 2. The lowest BCUT2D eigenvalue weighted by Gasteiger charge is -2.33. The fourth-order valence-corrected chi connectivity index (χ4v) is 2.93. The number of amides is 1. The number of piperidine rings is 1. The van der Waals surface area contributed by atoms with E-state index in [1.165, 1.54) is 6.07 Å². The first-order chi connectivity index (χ1) is 11.1. The number of rotatable bonds is 3. The molecule has 6 heteroatoms. The molecule has 0 aliphatic carbocycles. The van der Waals surface area contributed by atoms with E-state index in [2.05, 4.69) is 15.5 Å². The Balaban J connectivity index is 1.68. The second-order valence-electron chi connectivity index (χ2n) is 5.95. The molecule has 0 spiro atoms. The fraction of sp³-hybridized carbons (Fsp3) is 0.353. The van der Waals surface area contributed by atoms with E-state index in [9.17, 15) is 9.59 Å². The Bertz CT molecular complexity index is 756. The maximum atomic E-state index is 12.5. The summed E-state index contributed by atoms with van der Waals surface area (Å²) in [4.78, 5) is 25.9. The molecule has 3 rings (SSSR count). The van der Waals surface area contributed by atoms with Crippen molar-refractivity contribution in [1.29, 1.82) is 0 Å². The zero-order chi connectivity index (χ0) is 16.2. The van der Waals surface area contributed by atoms with Crippen molar-refractivity contribution in [3.8, 4) is 0 Å². The van der Waals surface area contributed by atoms with Gasteiger partial charge in [-0.05, 0) is 37.5 Å². The van der Waals surface area contributed by atoms with Gasteiger partial charge in [-0.1, -0.05) is 12.1 Å². The third-order valence-corrected chi connectivity index (χ3v) is 4.09. The molecule has 1 fully saturated rings. The van der Waals surface area contributed by atoms with Crippen molar-refractivity contribution in [2.75, 3.05) is 23.3 Å². The van der Waals surface area contributed by atoms with Gasteiger partial charge in [0.05, 0.1) is 17.8 Å². The molecule has 0 saturated carbocycles. The summed E-state index contributed by atoms with van der Waals surface area (Å²) in [7, 11) is 0. The van der Waals surface area contributed by atoms with Crippen molar-refractivity contribution in [3.05, 3.63) is 52.4 Å². The topological polar surface area (TPSA) is 78.1 Å². The molecule has 1 unspecified atom stereocenters. The molecule has 0 radical (unpaired) electrons. The molecule has 1 atom stereocenters. The van der Waals surface area contributed by atoms with Gasteiger partial charge in [0, 0.05) is 24.8 Å². The van der Waals surface area contributed by atoms with E-state index < -0.39 is 0 Å². The van der Waals surface area contributed by atoms with Gasteiger partial charge >= 0.3 is 0 Å². The van der Waals surface area contributed by atoms with Crippen LogP contribution in [0.2, 0.25) is 0 Å². The Morgan fingerprint density at radius 2 is 2.26 bits per heavy atom. The fourth-order valence-electron chi connectivity index (χ4n) is 2.93. The van der Waals surface area contributed by atoms with E-state index in [-0.39, 0.29) is 17.4 Å². The Morgan fingerprint density at radius 3 is 3.04 bits per heavy atom. The molecule has 1 aromatic carbocycles. The van der Waals surface area contributed by atoms with Crippen LogP contribution in [0.3, 0.4) is 0 Å². The molecule has 120 valence electrons. The van der Waals surface area contributed by atoms with E-state index in [0.29, 0.717) is 6.54 Å². The van der Waals surface area contributed by atoms with E-state index in [0.717, 1.165) is 36.3 Å². The van der Waals surface area contributed by atoms with E-state index in [4.69, 9.17) is 0 Å². The molecule has 1 aromatic heterocycles. The largest absolute Gasteiger partial charge is 0.369 e. The Kier molecular flexibility index (Phi) is 4.41. The maximum absolute atomic E-state index is 12.5. The second kappa shape index (κ2) is 6.64. The number of aromatic nitrogens is 2. The lowest BCUT2D eigenvalue weighted by Crippen LogP contribution is -2.41. The predicted molar refractivity (Wildman–Crippen MR) is 89.6 cm³/mol. The molecule has 0 bridgehead atoms. The van der Waals surface area contributed by atoms with E-state index in [1.54, 1.807) is 6.20 Å². The van der Waals surface area contributed by atoms with Gasteiger partial charge in [0.15, 0.2) is 0 Å². The van der Waals surface area contributed by atoms with Crippen LogP contribution >= 0.6 is 0 Å². The van der Waals surface area contributed by atoms with E-state index in [1.807, 2.05) is 36.1 Å². The van der Waals surface area contributed by atoms with Gasteiger partial charge in [0.1, 0.15) is 0 Å². The SMILES string of the molecule is Cc1cccc(NC(=O)C2CCCN(c3cn[nH]c(=O)c3)C2)c1. The van der Waals surface area contributed by atoms with Crippen LogP contribution in [0.15, 0.2) is 41.3 Å². The highest BCUT2D eigenvalue weighted by Crippen LogP contribution is 2.23. The van der Waals surface area contributed by atoms with Crippen LogP contribution in [0.4, 0.5) is 11.4 Å². The van der Waals surface area contributed by atoms with Crippen molar-refractivity contribution in [3.63, 3.8) is 0 Å². The number of carbonyl (C=O) groups excluding carboxylic acids is 1. The average Bonchev–Trinajstić information content (AvgIpc) is 2.55. The number of H-pyrrole nitrogens is 1. The molecular weight excluding hydrogens is 292 g/mol. The molecule has 1 aliphatic heterocycles. The number of hydrogen-bond acceptors (Lipinski definition) is 4. The van der Waals surface area contributed by atoms with Gasteiger partial charge < -0.3 is 10.2 Å².